The molecule has 0 radical (unpaired) electrons. The summed E-state index contributed by atoms with van der Waals surface area (Å²) in [5.74, 6) is 2.08. The van der Waals surface area contributed by atoms with E-state index in [-0.39, 0.29) is 70.3 Å². The molecule has 1 aliphatic carbocycles. The predicted molar refractivity (Wildman–Crippen MR) is 310 cm³/mol. The third-order valence-electron chi connectivity index (χ3n) is 15.3. The molecule has 0 N–H and O–H groups in total. The highest BCUT2D eigenvalue weighted by atomic mass is 28.5. The Morgan fingerprint density at radius 3 is 0.880 bits per heavy atom. The van der Waals surface area contributed by atoms with E-state index in [2.05, 4.69) is 187 Å². The highest BCUT2D eigenvalue weighted by molar-refractivity contribution is 6.84. The smallest absolute Gasteiger partial charge is 0.396 e. The number of carbonyl (C=O) groups excluding carboxylic acids is 2. The first-order valence-electron chi connectivity index (χ1n) is 27.9. The summed E-state index contributed by atoms with van der Waals surface area (Å²) in [6.07, 6.45) is 1.79. The van der Waals surface area contributed by atoms with Crippen molar-refractivity contribution in [2.24, 2.45) is 0 Å². The zero-order valence-corrected chi connectivity index (χ0v) is 52.3. The molecule has 10 bridgehead atoms. The summed E-state index contributed by atoms with van der Waals surface area (Å²) in [6.45, 7) is 48.9. The van der Waals surface area contributed by atoms with Gasteiger partial charge in [0.05, 0.1) is 13.2 Å². The molecule has 6 rings (SSSR count). The largest absolute Gasteiger partial charge is 0.520 e. The highest BCUT2D eigenvalue weighted by Crippen LogP contribution is 2.51. The summed E-state index contributed by atoms with van der Waals surface area (Å²) >= 11 is 0. The van der Waals surface area contributed by atoms with Crippen molar-refractivity contribution >= 4 is 29.1 Å². The van der Waals surface area contributed by atoms with Crippen LogP contribution in [0.25, 0.3) is 0 Å². The van der Waals surface area contributed by atoms with Crippen LogP contribution in [0.5, 0.6) is 23.0 Å². The van der Waals surface area contributed by atoms with Gasteiger partial charge >= 0.3 is 29.1 Å². The molecule has 0 fully saturated rings. The third kappa shape index (κ3) is 13.1. The van der Waals surface area contributed by atoms with Gasteiger partial charge in [0.1, 0.15) is 23.0 Å². The van der Waals surface area contributed by atoms with Crippen LogP contribution in [-0.4, -0.2) is 55.5 Å². The molecule has 0 unspecified atom stereocenters. The normalized spacial score (nSPS) is 15.8. The van der Waals surface area contributed by atoms with Gasteiger partial charge in [-0.25, -0.2) is 9.59 Å². The van der Waals surface area contributed by atoms with E-state index in [1.165, 1.54) is 11.1 Å². The number of hydrogen-bond acceptors (Lipinski definition) is 9. The van der Waals surface area contributed by atoms with Gasteiger partial charge in [-0.2, -0.15) is 0 Å². The van der Waals surface area contributed by atoms with Gasteiger partial charge in [-0.1, -0.05) is 187 Å². The van der Waals surface area contributed by atoms with Gasteiger partial charge in [-0.3, -0.25) is 0 Å². The van der Waals surface area contributed by atoms with Crippen molar-refractivity contribution in [3.05, 3.63) is 115 Å². The molecule has 1 aliphatic heterocycles. The minimum absolute atomic E-state index is 0.0395. The molecule has 0 amide bonds. The van der Waals surface area contributed by atoms with Crippen molar-refractivity contribution in [2.45, 2.75) is 222 Å². The second-order valence-electron chi connectivity index (χ2n) is 26.8. The van der Waals surface area contributed by atoms with Gasteiger partial charge in [0.25, 0.3) is 0 Å². The first-order valence-corrected chi connectivity index (χ1v) is 31.9. The van der Waals surface area contributed by atoms with Crippen LogP contribution in [0.1, 0.15) is 219 Å². The van der Waals surface area contributed by atoms with Crippen molar-refractivity contribution in [3.8, 4) is 23.0 Å². The van der Waals surface area contributed by atoms with E-state index in [1.54, 1.807) is 0 Å². The van der Waals surface area contributed by atoms with E-state index in [0.29, 0.717) is 37.2 Å². The molecule has 412 valence electrons. The minimum Gasteiger partial charge on any atom is -0.520 e. The van der Waals surface area contributed by atoms with Crippen molar-refractivity contribution in [2.75, 3.05) is 26.4 Å². The molecule has 0 aromatic heterocycles. The second-order valence-corrected chi connectivity index (χ2v) is 35.5. The Kier molecular flexibility index (Phi) is 17.8. The summed E-state index contributed by atoms with van der Waals surface area (Å²) < 4.78 is 49.2. The van der Waals surface area contributed by atoms with E-state index < -0.39 is 29.1 Å². The fourth-order valence-corrected chi connectivity index (χ4v) is 21.7. The Bertz CT molecular complexity index is 2520. The van der Waals surface area contributed by atoms with Crippen LogP contribution >= 0.6 is 0 Å². The van der Waals surface area contributed by atoms with Crippen LogP contribution < -0.4 is 18.3 Å². The summed E-state index contributed by atoms with van der Waals surface area (Å²) in [7, 11) is -6.67. The standard InChI is InChI=1S/C64H94O9Si2/c1-23-67-55(65)37-69-57-43-25-44-30-52(62(14,15)16)32-46(58(44)70-38-56(66)68-24-2)27-48-34-54(64(20,21)22)36-50-28-49-35-53(63(17,18)19)33-47(26-45(57)31-51(29-43)61(11,12)13)59(49)71-74(39(3)4,40(5)6)73-75(41(7)8,42(9)10)72-60(48)50/h29-36,39-42H,23-28,37-38H2,1-22H3. The van der Waals surface area contributed by atoms with E-state index in [4.69, 9.17) is 31.9 Å². The summed E-state index contributed by atoms with van der Waals surface area (Å²) in [5.41, 5.74) is 11.6. The molecule has 0 saturated heterocycles. The second kappa shape index (κ2) is 22.4. The molecule has 11 heteroatoms. The van der Waals surface area contributed by atoms with Crippen LogP contribution in [0.15, 0.2) is 48.5 Å². The molecule has 0 spiro atoms. The van der Waals surface area contributed by atoms with Crippen LogP contribution in [0.2, 0.25) is 22.2 Å². The van der Waals surface area contributed by atoms with Crippen LogP contribution in [-0.2, 0) is 70.5 Å². The van der Waals surface area contributed by atoms with Crippen molar-refractivity contribution in [3.63, 3.8) is 0 Å². The number of rotatable bonds is 12. The Morgan fingerprint density at radius 1 is 0.427 bits per heavy atom. The van der Waals surface area contributed by atoms with Crippen molar-refractivity contribution in [1.29, 1.82) is 0 Å². The van der Waals surface area contributed by atoms with Gasteiger partial charge in [0, 0.05) is 47.8 Å². The van der Waals surface area contributed by atoms with Crippen LogP contribution in [0, 0.1) is 0 Å². The number of fused-ring (bicyclic) bond motifs is 4. The summed E-state index contributed by atoms with van der Waals surface area (Å²) in [4.78, 5) is 26.9. The van der Waals surface area contributed by atoms with E-state index in [9.17, 15) is 9.59 Å². The lowest BCUT2D eigenvalue weighted by Crippen LogP contribution is -2.64. The SMILES string of the molecule is CCOC(=O)COc1c2cc(C(C)(C)C)cc1Cc1cc(C(C)(C)C)cc3c1O[Si](C(C)C)(C(C)C)O[Si](C(C)C)(C(C)C)Oc1c(cc(C(C)(C)C)cc1C3)Cc1cc(C(C)(C)C)cc(c1OCC(=O)OCC)C2. The number of benzene rings is 4. The van der Waals surface area contributed by atoms with E-state index >= 15 is 0 Å². The summed E-state index contributed by atoms with van der Waals surface area (Å²) in [5, 5.41) is 0. The van der Waals surface area contributed by atoms with Crippen LogP contribution in [0.3, 0.4) is 0 Å². The zero-order chi connectivity index (χ0) is 56.0. The maximum atomic E-state index is 13.4. The Morgan fingerprint density at radius 2 is 0.653 bits per heavy atom. The van der Waals surface area contributed by atoms with E-state index in [0.717, 1.165) is 67.1 Å². The molecule has 0 atom stereocenters. The third-order valence-corrected chi connectivity index (χ3v) is 25.3. The average Bonchev–Trinajstić information content (AvgIpc) is 3.27. The van der Waals surface area contributed by atoms with Gasteiger partial charge in [0.15, 0.2) is 13.2 Å². The predicted octanol–water partition coefficient (Wildman–Crippen LogP) is 15.7. The highest BCUT2D eigenvalue weighted by Gasteiger charge is 2.59. The first kappa shape index (κ1) is 59.7. The lowest BCUT2D eigenvalue weighted by atomic mass is 9.79. The molecule has 9 nitrogen and oxygen atoms in total. The van der Waals surface area contributed by atoms with Crippen LogP contribution in [0.4, 0.5) is 0 Å². The number of carbonyl (C=O) groups is 2. The van der Waals surface area contributed by atoms with Crippen molar-refractivity contribution < 1.29 is 41.5 Å². The molecule has 0 saturated carbocycles. The average molecular weight is 1060 g/mol. The first-order chi connectivity index (χ1) is 34.6. The molecular formula is C64H94O9Si2. The number of hydrogen-bond donors (Lipinski definition) is 0. The quantitative estimate of drug-likeness (QED) is 0.0893. The number of esters is 2. The van der Waals surface area contributed by atoms with Gasteiger partial charge in [-0.15, -0.1) is 0 Å². The maximum Gasteiger partial charge on any atom is 0.396 e. The van der Waals surface area contributed by atoms with Crippen molar-refractivity contribution in [1.82, 2.24) is 0 Å². The Balaban J connectivity index is 1.94. The van der Waals surface area contributed by atoms with E-state index in [1.807, 2.05) is 13.8 Å². The Hall–Kier alpha value is -4.59. The minimum atomic E-state index is -3.33. The molecule has 1 heterocycles. The molecule has 4 aromatic rings. The lowest BCUT2D eigenvalue weighted by molar-refractivity contribution is -0.146. The summed E-state index contributed by atoms with van der Waals surface area (Å²) in [6, 6.07) is 18.5. The Labute approximate surface area is 455 Å². The topological polar surface area (TPSA) is 98.8 Å². The molecule has 2 aliphatic rings. The zero-order valence-electron chi connectivity index (χ0n) is 50.3. The van der Waals surface area contributed by atoms with Gasteiger partial charge in [0.2, 0.25) is 0 Å². The molecule has 75 heavy (non-hydrogen) atoms. The fraction of sp³-hybridized carbons (Fsp3) is 0.594. The number of ether oxygens (including phenoxy) is 4. The lowest BCUT2D eigenvalue weighted by Gasteiger charge is -2.49. The maximum absolute atomic E-state index is 13.4. The molecule has 4 aromatic carbocycles. The van der Waals surface area contributed by atoms with Gasteiger partial charge < -0.3 is 31.9 Å². The fourth-order valence-electron chi connectivity index (χ4n) is 10.8. The van der Waals surface area contributed by atoms with Gasteiger partial charge in [-0.05, 0) is 102 Å². The molecular weight excluding hydrogens is 969 g/mol. The monoisotopic (exact) mass is 1060 g/mol.